The minimum Gasteiger partial charge on any atom is -0.333 e. The highest BCUT2D eigenvalue weighted by molar-refractivity contribution is 5.97. The molecule has 0 aromatic rings. The van der Waals surface area contributed by atoms with Crippen molar-refractivity contribution in [2.75, 3.05) is 20.6 Å². The van der Waals surface area contributed by atoms with E-state index in [1.165, 1.54) is 9.80 Å². The fourth-order valence-electron chi connectivity index (χ4n) is 1.10. The van der Waals surface area contributed by atoms with Gasteiger partial charge < -0.3 is 9.80 Å². The van der Waals surface area contributed by atoms with Crippen molar-refractivity contribution >= 4 is 11.8 Å². The Bertz CT molecular complexity index is 258. The van der Waals surface area contributed by atoms with E-state index in [0.717, 1.165) is 0 Å². The molecule has 0 saturated heterocycles. The van der Waals surface area contributed by atoms with Crippen LogP contribution in [0.5, 0.6) is 0 Å². The third-order valence-corrected chi connectivity index (χ3v) is 1.84. The van der Waals surface area contributed by atoms with Gasteiger partial charge in [-0.25, -0.2) is 0 Å². The van der Waals surface area contributed by atoms with E-state index in [1.54, 1.807) is 27.2 Å². The van der Waals surface area contributed by atoms with Gasteiger partial charge in [-0.3, -0.25) is 9.59 Å². The molecule has 0 aromatic heterocycles. The van der Waals surface area contributed by atoms with Gasteiger partial charge in [-0.05, 0) is 6.92 Å². The number of rotatable bonds is 0. The number of carbonyl (C=O) groups is 2. The normalized spacial score (nSPS) is 19.4. The first-order valence-electron chi connectivity index (χ1n) is 3.72. The van der Waals surface area contributed by atoms with Gasteiger partial charge in [0.05, 0.1) is 0 Å². The Hall–Kier alpha value is -1.32. The average molecular weight is 168 g/mol. The Morgan fingerprint density at radius 1 is 1.33 bits per heavy atom. The highest BCUT2D eigenvalue weighted by atomic mass is 16.2. The summed E-state index contributed by atoms with van der Waals surface area (Å²) < 4.78 is 0. The van der Waals surface area contributed by atoms with Gasteiger partial charge in [0, 0.05) is 25.9 Å². The average Bonchev–Trinajstić information content (AvgIpc) is 2.07. The molecule has 4 nitrogen and oxygen atoms in total. The lowest BCUT2D eigenvalue weighted by atomic mass is 10.3. The van der Waals surface area contributed by atoms with Crippen LogP contribution >= 0.6 is 0 Å². The van der Waals surface area contributed by atoms with E-state index in [9.17, 15) is 9.59 Å². The van der Waals surface area contributed by atoms with Gasteiger partial charge >= 0.3 is 0 Å². The number of likely N-dealkylation sites (N-methyl/N-ethyl adjacent to an activating group) is 2. The molecule has 2 amide bonds. The highest BCUT2D eigenvalue weighted by Crippen LogP contribution is 2.06. The van der Waals surface area contributed by atoms with Crippen molar-refractivity contribution in [2.45, 2.75) is 6.92 Å². The number of hydrogen-bond acceptors (Lipinski definition) is 2. The summed E-state index contributed by atoms with van der Waals surface area (Å²) in [6, 6.07) is 0. The van der Waals surface area contributed by atoms with Crippen molar-refractivity contribution < 1.29 is 9.59 Å². The number of hydrogen-bond donors (Lipinski definition) is 0. The molecular formula is C8H12N2O2. The van der Waals surface area contributed by atoms with Crippen molar-refractivity contribution in [3.63, 3.8) is 0 Å². The molecule has 0 fully saturated rings. The third-order valence-electron chi connectivity index (χ3n) is 1.84. The third kappa shape index (κ3) is 1.47. The van der Waals surface area contributed by atoms with Gasteiger partial charge in [-0.2, -0.15) is 0 Å². The minimum atomic E-state index is -0.0901. The van der Waals surface area contributed by atoms with Crippen LogP contribution in [0.3, 0.4) is 0 Å². The van der Waals surface area contributed by atoms with E-state index in [1.807, 2.05) is 0 Å². The fourth-order valence-corrected chi connectivity index (χ4v) is 1.10. The maximum Gasteiger partial charge on any atom is 0.251 e. The Kier molecular flexibility index (Phi) is 2.17. The van der Waals surface area contributed by atoms with Gasteiger partial charge in [-0.15, -0.1) is 0 Å². The summed E-state index contributed by atoms with van der Waals surface area (Å²) in [5, 5.41) is 0. The summed E-state index contributed by atoms with van der Waals surface area (Å²) in [4.78, 5) is 25.4. The number of amides is 2. The van der Waals surface area contributed by atoms with Crippen molar-refractivity contribution in [1.82, 2.24) is 9.80 Å². The Labute approximate surface area is 71.4 Å². The molecule has 0 aromatic carbocycles. The molecule has 4 heteroatoms. The summed E-state index contributed by atoms with van der Waals surface area (Å²) in [7, 11) is 3.27. The number of carbonyl (C=O) groups excluding carboxylic acids is 2. The fraction of sp³-hybridized carbons (Fsp3) is 0.500. The second-order valence-electron chi connectivity index (χ2n) is 2.98. The molecule has 1 aliphatic rings. The predicted molar refractivity (Wildman–Crippen MR) is 44.2 cm³/mol. The van der Waals surface area contributed by atoms with Gasteiger partial charge in [0.1, 0.15) is 6.54 Å². The smallest absolute Gasteiger partial charge is 0.251 e. The molecule has 0 spiro atoms. The largest absolute Gasteiger partial charge is 0.333 e. The van der Waals surface area contributed by atoms with Crippen LogP contribution in [0, 0.1) is 0 Å². The Balaban J connectivity index is 2.96. The van der Waals surface area contributed by atoms with E-state index in [2.05, 4.69) is 0 Å². The van der Waals surface area contributed by atoms with E-state index in [-0.39, 0.29) is 18.4 Å². The summed E-state index contributed by atoms with van der Waals surface area (Å²) >= 11 is 0. The molecule has 0 N–H and O–H groups in total. The number of nitrogens with zero attached hydrogens (tertiary/aromatic N) is 2. The lowest BCUT2D eigenvalue weighted by Gasteiger charge is -2.13. The van der Waals surface area contributed by atoms with Crippen LogP contribution in [0.25, 0.3) is 0 Å². The van der Waals surface area contributed by atoms with Crippen LogP contribution in [-0.4, -0.2) is 42.3 Å². The molecule has 0 atom stereocenters. The standard InChI is InChI=1S/C8H12N2O2/c1-6-4-9(2)7(11)5-10(3)8(6)12/h4H,5H2,1-3H3. The van der Waals surface area contributed by atoms with Crippen molar-refractivity contribution in [2.24, 2.45) is 0 Å². The van der Waals surface area contributed by atoms with Crippen molar-refractivity contribution in [3.05, 3.63) is 11.8 Å². The monoisotopic (exact) mass is 168 g/mol. The van der Waals surface area contributed by atoms with Gasteiger partial charge in [-0.1, -0.05) is 0 Å². The highest BCUT2D eigenvalue weighted by Gasteiger charge is 2.20. The topological polar surface area (TPSA) is 40.6 Å². The Morgan fingerprint density at radius 3 is 2.50 bits per heavy atom. The minimum absolute atomic E-state index is 0.0669. The van der Waals surface area contributed by atoms with Crippen LogP contribution in [0.15, 0.2) is 11.8 Å². The molecule has 1 aliphatic heterocycles. The molecule has 0 unspecified atom stereocenters. The van der Waals surface area contributed by atoms with Crippen LogP contribution < -0.4 is 0 Å². The second-order valence-corrected chi connectivity index (χ2v) is 2.98. The zero-order chi connectivity index (χ0) is 9.30. The van der Waals surface area contributed by atoms with Crippen LogP contribution in [-0.2, 0) is 9.59 Å². The summed E-state index contributed by atoms with van der Waals surface area (Å²) in [6.07, 6.45) is 1.56. The first kappa shape index (κ1) is 8.77. The van der Waals surface area contributed by atoms with Gasteiger partial charge in [0.25, 0.3) is 5.91 Å². The molecule has 1 heterocycles. The molecule has 1 rings (SSSR count). The molecule has 12 heavy (non-hydrogen) atoms. The molecule has 0 saturated carbocycles. The van der Waals surface area contributed by atoms with Crippen molar-refractivity contribution in [1.29, 1.82) is 0 Å². The quantitative estimate of drug-likeness (QED) is 0.503. The first-order chi connectivity index (χ1) is 5.52. The summed E-state index contributed by atoms with van der Waals surface area (Å²) in [6.45, 7) is 1.86. The summed E-state index contributed by atoms with van der Waals surface area (Å²) in [5.41, 5.74) is 0.589. The lowest BCUT2D eigenvalue weighted by Crippen LogP contribution is -2.34. The summed E-state index contributed by atoms with van der Waals surface area (Å²) in [5.74, 6) is -0.157. The predicted octanol–water partition coefficient (Wildman–Crippen LogP) is -0.179. The lowest BCUT2D eigenvalue weighted by molar-refractivity contribution is -0.133. The zero-order valence-electron chi connectivity index (χ0n) is 7.50. The van der Waals surface area contributed by atoms with Gasteiger partial charge in [0.2, 0.25) is 5.91 Å². The Morgan fingerprint density at radius 2 is 1.92 bits per heavy atom. The van der Waals surface area contributed by atoms with E-state index >= 15 is 0 Å². The molecular weight excluding hydrogens is 156 g/mol. The van der Waals surface area contributed by atoms with Crippen LogP contribution in [0.2, 0.25) is 0 Å². The van der Waals surface area contributed by atoms with E-state index in [0.29, 0.717) is 5.57 Å². The van der Waals surface area contributed by atoms with E-state index in [4.69, 9.17) is 0 Å². The van der Waals surface area contributed by atoms with Crippen LogP contribution in [0.1, 0.15) is 6.92 Å². The first-order valence-corrected chi connectivity index (χ1v) is 3.72. The zero-order valence-corrected chi connectivity index (χ0v) is 7.50. The second kappa shape index (κ2) is 2.97. The molecule has 0 radical (unpaired) electrons. The molecule has 0 bridgehead atoms. The molecule has 0 aliphatic carbocycles. The van der Waals surface area contributed by atoms with Gasteiger partial charge in [0.15, 0.2) is 0 Å². The maximum absolute atomic E-state index is 11.3. The SMILES string of the molecule is CC1=CN(C)C(=O)CN(C)C1=O. The van der Waals surface area contributed by atoms with Crippen molar-refractivity contribution in [3.8, 4) is 0 Å². The van der Waals surface area contributed by atoms with Crippen LogP contribution in [0.4, 0.5) is 0 Å². The van der Waals surface area contributed by atoms with E-state index < -0.39 is 0 Å². The maximum atomic E-state index is 11.3. The molecule has 66 valence electrons.